The van der Waals surface area contributed by atoms with Crippen LogP contribution in [0.2, 0.25) is 5.02 Å². The van der Waals surface area contributed by atoms with Gasteiger partial charge in [-0.1, -0.05) is 47.5 Å². The molecule has 2 saturated heterocycles. The van der Waals surface area contributed by atoms with Crippen molar-refractivity contribution in [3.05, 3.63) is 141 Å². The van der Waals surface area contributed by atoms with Gasteiger partial charge in [0.1, 0.15) is 11.6 Å². The van der Waals surface area contributed by atoms with E-state index in [4.69, 9.17) is 11.6 Å². The van der Waals surface area contributed by atoms with E-state index in [0.717, 1.165) is 9.91 Å². The van der Waals surface area contributed by atoms with Gasteiger partial charge in [-0.05, 0) is 90.6 Å². The molecule has 0 aromatic heterocycles. The number of nitro groups is 1. The van der Waals surface area contributed by atoms with Crippen molar-refractivity contribution < 1.29 is 33.6 Å². The van der Waals surface area contributed by atoms with Crippen molar-refractivity contribution in [2.45, 2.75) is 24.2 Å². The van der Waals surface area contributed by atoms with E-state index in [2.05, 4.69) is 5.43 Å². The number of non-ortho nitro benzene ring substituents is 1. The maximum Gasteiger partial charge on any atom is 0.269 e. The Morgan fingerprint density at radius 3 is 2.25 bits per heavy atom. The first-order chi connectivity index (χ1) is 24.5. The normalized spacial score (nSPS) is 26.8. The van der Waals surface area contributed by atoms with Gasteiger partial charge in [0.25, 0.3) is 17.5 Å². The Kier molecular flexibility index (Phi) is 7.53. The van der Waals surface area contributed by atoms with Crippen LogP contribution in [0, 0.1) is 39.6 Å². The third-order valence-electron chi connectivity index (χ3n) is 10.8. The van der Waals surface area contributed by atoms with Crippen LogP contribution in [0.4, 0.5) is 21.5 Å². The van der Waals surface area contributed by atoms with Gasteiger partial charge < -0.3 is 5.11 Å². The minimum atomic E-state index is -1.58. The molecule has 4 aliphatic rings. The highest BCUT2D eigenvalue weighted by Crippen LogP contribution is 2.64. The number of imide groups is 2. The highest BCUT2D eigenvalue weighted by Gasteiger charge is 2.70. The number of halogens is 2. The number of nitrogens with zero attached hydrogens (tertiary/aromatic N) is 3. The first-order valence-corrected chi connectivity index (χ1v) is 16.7. The largest absolute Gasteiger partial charge is 0.508 e. The van der Waals surface area contributed by atoms with E-state index in [1.807, 2.05) is 6.08 Å². The second kappa shape index (κ2) is 11.9. The minimum Gasteiger partial charge on any atom is -0.508 e. The lowest BCUT2D eigenvalue weighted by Gasteiger charge is -2.50. The standard InChI is InChI=1S/C38H28ClFN4O7/c39-22-6-4-21(5-7-22)38-31(35(47)43(37(38)49)41-24-10-8-23(40)9-11-24)19-30-28(33(38)20-2-1-3-27(45)18-20)16-17-29-32(30)36(48)42(34(29)46)25-12-14-26(15-13-25)44(50)51/h1-16,18,29-33,41,45H,17,19H2. The van der Waals surface area contributed by atoms with E-state index in [1.165, 1.54) is 60.7 Å². The zero-order chi connectivity index (χ0) is 35.8. The number of hydrazine groups is 1. The first-order valence-electron chi connectivity index (χ1n) is 16.3. The summed E-state index contributed by atoms with van der Waals surface area (Å²) >= 11 is 6.31. The Hall–Kier alpha value is -5.88. The van der Waals surface area contributed by atoms with Crippen molar-refractivity contribution in [1.29, 1.82) is 0 Å². The Labute approximate surface area is 295 Å². The summed E-state index contributed by atoms with van der Waals surface area (Å²) in [6.07, 6.45) is 2.08. The van der Waals surface area contributed by atoms with Crippen LogP contribution in [0.3, 0.4) is 0 Å². The summed E-state index contributed by atoms with van der Waals surface area (Å²) in [7, 11) is 0. The smallest absolute Gasteiger partial charge is 0.269 e. The van der Waals surface area contributed by atoms with Crippen LogP contribution in [0.15, 0.2) is 109 Å². The maximum atomic E-state index is 15.1. The highest BCUT2D eigenvalue weighted by molar-refractivity contribution is 6.30. The average molecular weight is 707 g/mol. The van der Waals surface area contributed by atoms with Crippen LogP contribution in [0.25, 0.3) is 0 Å². The molecule has 4 aromatic carbocycles. The van der Waals surface area contributed by atoms with E-state index in [0.29, 0.717) is 27.4 Å². The lowest BCUT2D eigenvalue weighted by Crippen LogP contribution is -2.53. The molecule has 11 nitrogen and oxygen atoms in total. The fourth-order valence-electron chi connectivity index (χ4n) is 8.71. The number of carbonyl (C=O) groups is 4. The molecule has 2 aliphatic carbocycles. The van der Waals surface area contributed by atoms with Gasteiger partial charge in [0, 0.05) is 23.1 Å². The molecule has 0 spiro atoms. The van der Waals surface area contributed by atoms with Gasteiger partial charge in [-0.2, -0.15) is 5.01 Å². The summed E-state index contributed by atoms with van der Waals surface area (Å²) in [5.41, 5.74) is 3.32. The number of hydrogen-bond acceptors (Lipinski definition) is 8. The lowest BCUT2D eigenvalue weighted by atomic mass is 9.49. The molecule has 1 saturated carbocycles. The molecule has 51 heavy (non-hydrogen) atoms. The molecular formula is C38H28ClFN4O7. The molecule has 8 rings (SSSR count). The molecule has 2 heterocycles. The Morgan fingerprint density at radius 1 is 0.882 bits per heavy atom. The monoisotopic (exact) mass is 706 g/mol. The number of amides is 4. The minimum absolute atomic E-state index is 0.0320. The summed E-state index contributed by atoms with van der Waals surface area (Å²) < 4.78 is 13.8. The second-order valence-electron chi connectivity index (χ2n) is 13.3. The van der Waals surface area contributed by atoms with Crippen molar-refractivity contribution in [2.75, 3.05) is 10.3 Å². The molecule has 2 aliphatic heterocycles. The van der Waals surface area contributed by atoms with Gasteiger partial charge in [-0.25, -0.2) is 4.39 Å². The SMILES string of the molecule is O=C1C2CC3C(=CCC4C(=O)N(c5ccc([N+](=O)[O-])cc5)C(=O)C43)C(c3cccc(O)c3)C2(c2ccc(Cl)cc2)C(=O)N1Nc1ccc(F)cc1. The van der Waals surface area contributed by atoms with Crippen LogP contribution in [0.5, 0.6) is 5.75 Å². The number of nitro benzene ring substituents is 1. The maximum absolute atomic E-state index is 15.1. The highest BCUT2D eigenvalue weighted by atomic mass is 35.5. The summed E-state index contributed by atoms with van der Waals surface area (Å²) in [6.45, 7) is 0. The van der Waals surface area contributed by atoms with Crippen molar-refractivity contribution in [2.24, 2.45) is 23.7 Å². The molecule has 4 amide bonds. The van der Waals surface area contributed by atoms with Gasteiger partial charge in [0.05, 0.1) is 39.5 Å². The second-order valence-corrected chi connectivity index (χ2v) is 13.7. The quantitative estimate of drug-likeness (QED) is 0.103. The van der Waals surface area contributed by atoms with Crippen molar-refractivity contribution >= 4 is 52.3 Å². The van der Waals surface area contributed by atoms with Crippen LogP contribution >= 0.6 is 11.6 Å². The number of fused-ring (bicyclic) bond motifs is 4. The van der Waals surface area contributed by atoms with Gasteiger partial charge in [0.15, 0.2) is 0 Å². The third-order valence-corrected chi connectivity index (χ3v) is 11.0. The fourth-order valence-corrected chi connectivity index (χ4v) is 8.84. The molecule has 2 N–H and O–H groups in total. The zero-order valence-electron chi connectivity index (χ0n) is 26.6. The van der Waals surface area contributed by atoms with Crippen molar-refractivity contribution in [1.82, 2.24) is 5.01 Å². The topological polar surface area (TPSA) is 150 Å². The number of carbonyl (C=O) groups excluding carboxylic acids is 4. The predicted octanol–water partition coefficient (Wildman–Crippen LogP) is 6.28. The van der Waals surface area contributed by atoms with E-state index in [-0.39, 0.29) is 30.0 Å². The van der Waals surface area contributed by atoms with Crippen LogP contribution in [-0.2, 0) is 24.6 Å². The molecule has 0 bridgehead atoms. The van der Waals surface area contributed by atoms with Crippen molar-refractivity contribution in [3.8, 4) is 5.75 Å². The average Bonchev–Trinajstić information content (AvgIpc) is 3.50. The molecule has 13 heteroatoms. The van der Waals surface area contributed by atoms with E-state index < -0.39 is 69.4 Å². The van der Waals surface area contributed by atoms with E-state index in [1.54, 1.807) is 36.4 Å². The van der Waals surface area contributed by atoms with Gasteiger partial charge >= 0.3 is 0 Å². The lowest BCUT2D eigenvalue weighted by molar-refractivity contribution is -0.384. The number of phenols is 1. The molecule has 3 fully saturated rings. The van der Waals surface area contributed by atoms with Gasteiger partial charge in [0.2, 0.25) is 11.8 Å². The number of anilines is 2. The Balaban J connectivity index is 1.29. The first kappa shape index (κ1) is 32.3. The van der Waals surface area contributed by atoms with Gasteiger partial charge in [-0.3, -0.25) is 39.6 Å². The summed E-state index contributed by atoms with van der Waals surface area (Å²) in [6, 6.07) is 23.5. The summed E-state index contributed by atoms with van der Waals surface area (Å²) in [5, 5.41) is 23.3. The van der Waals surface area contributed by atoms with E-state index >= 15 is 4.79 Å². The predicted molar refractivity (Wildman–Crippen MR) is 183 cm³/mol. The number of allylic oxidation sites excluding steroid dienone is 2. The number of phenolic OH excluding ortho intramolecular Hbond substituents is 1. The Bertz CT molecular complexity index is 2180. The molecule has 6 unspecified atom stereocenters. The number of nitrogens with one attached hydrogen (secondary N) is 1. The number of hydrogen-bond donors (Lipinski definition) is 2. The Morgan fingerprint density at radius 2 is 1.59 bits per heavy atom. The molecule has 4 aromatic rings. The number of benzene rings is 4. The molecule has 6 atom stereocenters. The zero-order valence-corrected chi connectivity index (χ0v) is 27.4. The van der Waals surface area contributed by atoms with Crippen molar-refractivity contribution in [3.63, 3.8) is 0 Å². The molecule has 256 valence electrons. The third kappa shape index (κ3) is 4.84. The number of aromatic hydroxyl groups is 1. The fraction of sp³-hybridized carbons (Fsp3) is 0.211. The van der Waals surface area contributed by atoms with Crippen LogP contribution in [-0.4, -0.2) is 38.7 Å². The molecular weight excluding hydrogens is 679 g/mol. The number of rotatable bonds is 6. The molecule has 0 radical (unpaired) electrons. The summed E-state index contributed by atoms with van der Waals surface area (Å²) in [5.74, 6) is -6.93. The summed E-state index contributed by atoms with van der Waals surface area (Å²) in [4.78, 5) is 69.8. The van der Waals surface area contributed by atoms with Gasteiger partial charge in [-0.15, -0.1) is 0 Å². The van der Waals surface area contributed by atoms with Crippen LogP contribution in [0.1, 0.15) is 29.9 Å². The van der Waals surface area contributed by atoms with Crippen LogP contribution < -0.4 is 10.3 Å². The van der Waals surface area contributed by atoms with E-state index in [9.17, 15) is 34.0 Å².